The topological polar surface area (TPSA) is 119 Å². The molecular weight excluding hydrogens is 318 g/mol. The molecule has 8 nitrogen and oxygen atoms in total. The Hall–Kier alpha value is -2.39. The van der Waals surface area contributed by atoms with Crippen molar-refractivity contribution in [3.63, 3.8) is 0 Å². The molecule has 0 unspecified atom stereocenters. The van der Waals surface area contributed by atoms with Gasteiger partial charge in [-0.25, -0.2) is 18.4 Å². The number of nitrogens with zero attached hydrogens (tertiary/aromatic N) is 2. The number of hydrogen-bond donors (Lipinski definition) is 3. The molecule has 1 heterocycles. The molecule has 0 bridgehead atoms. The predicted molar refractivity (Wildman–Crippen MR) is 86.3 cm³/mol. The number of aromatic nitrogens is 2. The van der Waals surface area contributed by atoms with E-state index in [0.29, 0.717) is 5.69 Å². The second kappa shape index (κ2) is 6.80. The third-order valence-electron chi connectivity index (χ3n) is 3.27. The van der Waals surface area contributed by atoms with Crippen LogP contribution in [-0.4, -0.2) is 24.2 Å². The van der Waals surface area contributed by atoms with Crippen LogP contribution in [0.25, 0.3) is 0 Å². The number of amides is 2. The smallest absolute Gasteiger partial charge is 0.319 e. The van der Waals surface area contributed by atoms with Gasteiger partial charge in [0.25, 0.3) is 0 Å². The standard InChI is InChI=1S/C14H19N5O3S/c1-3-19-9-12(8-16-19)18-14(20)17-10(2)11-4-6-13(7-5-11)23(15,21)22/h4-10H,3H2,1-2H3,(H2,15,21,22)(H2,17,18,20)/t10-/m0/s1. The zero-order valence-corrected chi connectivity index (χ0v) is 13.7. The Morgan fingerprint density at radius 1 is 1.35 bits per heavy atom. The van der Waals surface area contributed by atoms with Crippen LogP contribution in [0.5, 0.6) is 0 Å². The molecule has 0 spiro atoms. The first-order valence-electron chi connectivity index (χ1n) is 7.02. The lowest BCUT2D eigenvalue weighted by Crippen LogP contribution is -2.31. The van der Waals surface area contributed by atoms with E-state index in [-0.39, 0.29) is 17.0 Å². The van der Waals surface area contributed by atoms with Gasteiger partial charge >= 0.3 is 6.03 Å². The molecule has 2 amide bonds. The normalized spacial score (nSPS) is 12.7. The van der Waals surface area contributed by atoms with Gasteiger partial charge in [-0.15, -0.1) is 0 Å². The van der Waals surface area contributed by atoms with Gasteiger partial charge in [0, 0.05) is 12.7 Å². The molecule has 9 heteroatoms. The van der Waals surface area contributed by atoms with Crippen molar-refractivity contribution in [2.45, 2.75) is 31.3 Å². The van der Waals surface area contributed by atoms with Crippen LogP contribution in [0, 0.1) is 0 Å². The van der Waals surface area contributed by atoms with Crippen molar-refractivity contribution in [1.82, 2.24) is 15.1 Å². The Bertz CT molecular complexity index is 783. The van der Waals surface area contributed by atoms with Gasteiger partial charge in [-0.1, -0.05) is 12.1 Å². The maximum atomic E-state index is 11.9. The van der Waals surface area contributed by atoms with Crippen molar-refractivity contribution >= 4 is 21.7 Å². The fraction of sp³-hybridized carbons (Fsp3) is 0.286. The number of anilines is 1. The second-order valence-corrected chi connectivity index (χ2v) is 6.58. The van der Waals surface area contributed by atoms with Crippen molar-refractivity contribution in [2.75, 3.05) is 5.32 Å². The molecule has 4 N–H and O–H groups in total. The highest BCUT2D eigenvalue weighted by Crippen LogP contribution is 2.15. The lowest BCUT2D eigenvalue weighted by atomic mass is 10.1. The van der Waals surface area contributed by atoms with Crippen molar-refractivity contribution in [1.29, 1.82) is 0 Å². The van der Waals surface area contributed by atoms with E-state index < -0.39 is 10.0 Å². The van der Waals surface area contributed by atoms with Crippen LogP contribution in [0.3, 0.4) is 0 Å². The fourth-order valence-corrected chi connectivity index (χ4v) is 2.51. The first-order valence-corrected chi connectivity index (χ1v) is 8.57. The molecule has 2 aromatic rings. The van der Waals surface area contributed by atoms with E-state index in [4.69, 9.17) is 5.14 Å². The Morgan fingerprint density at radius 2 is 2.00 bits per heavy atom. The van der Waals surface area contributed by atoms with E-state index in [0.717, 1.165) is 12.1 Å². The predicted octanol–water partition coefficient (Wildman–Crippen LogP) is 1.43. The molecule has 23 heavy (non-hydrogen) atoms. The zero-order chi connectivity index (χ0) is 17.0. The van der Waals surface area contributed by atoms with Crippen LogP contribution in [-0.2, 0) is 16.6 Å². The molecule has 1 atom stereocenters. The van der Waals surface area contributed by atoms with E-state index in [1.165, 1.54) is 12.1 Å². The molecule has 0 aliphatic carbocycles. The Labute approximate surface area is 134 Å². The number of carbonyl (C=O) groups excluding carboxylic acids is 1. The fourth-order valence-electron chi connectivity index (χ4n) is 1.99. The van der Waals surface area contributed by atoms with E-state index in [9.17, 15) is 13.2 Å². The molecule has 1 aromatic carbocycles. The minimum absolute atomic E-state index is 0.0323. The van der Waals surface area contributed by atoms with Crippen LogP contribution in [0.2, 0.25) is 0 Å². The summed E-state index contributed by atoms with van der Waals surface area (Å²) in [5.41, 5.74) is 1.36. The molecule has 0 radical (unpaired) electrons. The molecule has 0 fully saturated rings. The number of urea groups is 1. The van der Waals surface area contributed by atoms with Crippen LogP contribution < -0.4 is 15.8 Å². The van der Waals surface area contributed by atoms with Gasteiger partial charge in [-0.2, -0.15) is 5.10 Å². The lowest BCUT2D eigenvalue weighted by molar-refractivity contribution is 0.249. The maximum Gasteiger partial charge on any atom is 0.319 e. The van der Waals surface area contributed by atoms with Crippen molar-refractivity contribution in [2.24, 2.45) is 5.14 Å². The number of primary sulfonamides is 1. The monoisotopic (exact) mass is 337 g/mol. The van der Waals surface area contributed by atoms with Gasteiger partial charge < -0.3 is 10.6 Å². The first-order chi connectivity index (χ1) is 10.8. The molecule has 0 saturated carbocycles. The highest BCUT2D eigenvalue weighted by Gasteiger charge is 2.12. The third kappa shape index (κ3) is 4.54. The van der Waals surface area contributed by atoms with E-state index >= 15 is 0 Å². The molecule has 124 valence electrons. The largest absolute Gasteiger partial charge is 0.331 e. The van der Waals surface area contributed by atoms with E-state index in [1.807, 2.05) is 6.92 Å². The highest BCUT2D eigenvalue weighted by atomic mass is 32.2. The summed E-state index contributed by atoms with van der Waals surface area (Å²) in [5, 5.41) is 14.6. The van der Waals surface area contributed by atoms with E-state index in [2.05, 4.69) is 15.7 Å². The number of nitrogens with one attached hydrogen (secondary N) is 2. The van der Waals surface area contributed by atoms with Gasteiger partial charge in [0.15, 0.2) is 0 Å². The average Bonchev–Trinajstić information content (AvgIpc) is 2.94. The number of hydrogen-bond acceptors (Lipinski definition) is 4. The van der Waals surface area contributed by atoms with Gasteiger partial charge in [0.2, 0.25) is 10.0 Å². The van der Waals surface area contributed by atoms with Gasteiger partial charge in [0.1, 0.15) is 0 Å². The van der Waals surface area contributed by atoms with Crippen molar-refractivity contribution < 1.29 is 13.2 Å². The summed E-state index contributed by atoms with van der Waals surface area (Å²) in [4.78, 5) is 12.0. The van der Waals surface area contributed by atoms with Crippen LogP contribution in [0.1, 0.15) is 25.5 Å². The second-order valence-electron chi connectivity index (χ2n) is 5.02. The summed E-state index contributed by atoms with van der Waals surface area (Å²) in [6.07, 6.45) is 3.29. The third-order valence-corrected chi connectivity index (χ3v) is 4.20. The SMILES string of the molecule is CCn1cc(NC(=O)N[C@@H](C)c2ccc(S(N)(=O)=O)cc2)cn1. The summed E-state index contributed by atoms with van der Waals surface area (Å²) >= 11 is 0. The molecule has 0 aliphatic rings. The Balaban J connectivity index is 1.98. The first kappa shape index (κ1) is 17.0. The number of carbonyl (C=O) groups is 1. The minimum Gasteiger partial charge on any atom is -0.331 e. The molecular formula is C14H19N5O3S. The molecule has 2 rings (SSSR count). The Morgan fingerprint density at radius 3 is 2.52 bits per heavy atom. The minimum atomic E-state index is -3.72. The summed E-state index contributed by atoms with van der Waals surface area (Å²) < 4.78 is 24.1. The highest BCUT2D eigenvalue weighted by molar-refractivity contribution is 7.89. The summed E-state index contributed by atoms with van der Waals surface area (Å²) in [5.74, 6) is 0. The van der Waals surface area contributed by atoms with Crippen LogP contribution in [0.15, 0.2) is 41.6 Å². The number of rotatable bonds is 5. The summed E-state index contributed by atoms with van der Waals surface area (Å²) in [6, 6.07) is 5.37. The molecule has 0 aliphatic heterocycles. The van der Waals surface area contributed by atoms with Gasteiger partial charge in [-0.05, 0) is 31.5 Å². The lowest BCUT2D eigenvalue weighted by Gasteiger charge is -2.14. The number of nitrogens with two attached hydrogens (primary N) is 1. The van der Waals surface area contributed by atoms with Crippen molar-refractivity contribution in [3.05, 3.63) is 42.2 Å². The number of benzene rings is 1. The van der Waals surface area contributed by atoms with Gasteiger partial charge in [0.05, 0.1) is 22.8 Å². The van der Waals surface area contributed by atoms with Gasteiger partial charge in [-0.3, -0.25) is 4.68 Å². The quantitative estimate of drug-likeness (QED) is 0.764. The summed E-state index contributed by atoms with van der Waals surface area (Å²) in [7, 11) is -3.72. The number of sulfonamides is 1. The van der Waals surface area contributed by atoms with Crippen LogP contribution in [0.4, 0.5) is 10.5 Å². The molecule has 1 aromatic heterocycles. The Kier molecular flexibility index (Phi) is 5.02. The zero-order valence-electron chi connectivity index (χ0n) is 12.9. The summed E-state index contributed by atoms with van der Waals surface area (Å²) in [6.45, 7) is 4.46. The maximum absolute atomic E-state index is 11.9. The van der Waals surface area contributed by atoms with E-state index in [1.54, 1.807) is 36.1 Å². The van der Waals surface area contributed by atoms with Crippen LogP contribution >= 0.6 is 0 Å². The average molecular weight is 337 g/mol. The molecule has 0 saturated heterocycles. The van der Waals surface area contributed by atoms with Crippen molar-refractivity contribution in [3.8, 4) is 0 Å². The number of aryl methyl sites for hydroxylation is 1.